The fourth-order valence-corrected chi connectivity index (χ4v) is 1.68. The highest BCUT2D eigenvalue weighted by Gasteiger charge is 2.29. The molecule has 0 amide bonds. The van der Waals surface area contributed by atoms with Crippen LogP contribution in [0.25, 0.3) is 0 Å². The Hall–Kier alpha value is -2.36. The van der Waals surface area contributed by atoms with Gasteiger partial charge in [-0.05, 0) is 12.1 Å². The lowest BCUT2D eigenvalue weighted by Crippen LogP contribution is -2.22. The molecule has 0 aliphatic heterocycles. The van der Waals surface area contributed by atoms with Gasteiger partial charge >= 0.3 is 5.97 Å². The summed E-state index contributed by atoms with van der Waals surface area (Å²) in [7, 11) is 0. The zero-order valence-corrected chi connectivity index (χ0v) is 8.96. The molecule has 0 fully saturated rings. The number of aliphatic carboxylic acids is 1. The number of carboxylic acids is 1. The molecule has 1 unspecified atom stereocenters. The van der Waals surface area contributed by atoms with Crippen molar-refractivity contribution < 1.29 is 14.7 Å². The van der Waals surface area contributed by atoms with Crippen LogP contribution in [0.15, 0.2) is 48.7 Å². The van der Waals surface area contributed by atoms with Gasteiger partial charge in [0.25, 0.3) is 0 Å². The van der Waals surface area contributed by atoms with E-state index < -0.39 is 17.7 Å². The zero-order valence-electron chi connectivity index (χ0n) is 8.96. The van der Waals surface area contributed by atoms with Gasteiger partial charge < -0.3 is 10.1 Å². The summed E-state index contributed by atoms with van der Waals surface area (Å²) in [5.74, 6) is -2.74. The molecule has 0 aliphatic rings. The SMILES string of the molecule is O=C(O)C(C(=O)c1ccccc1)c1ccc[nH]1. The second kappa shape index (κ2) is 4.65. The van der Waals surface area contributed by atoms with Crippen molar-refractivity contribution in [1.82, 2.24) is 4.98 Å². The van der Waals surface area contributed by atoms with Gasteiger partial charge in [0.2, 0.25) is 0 Å². The Balaban J connectivity index is 2.36. The van der Waals surface area contributed by atoms with E-state index in [9.17, 15) is 9.59 Å². The summed E-state index contributed by atoms with van der Waals surface area (Å²) in [6.07, 6.45) is 1.60. The van der Waals surface area contributed by atoms with Crippen LogP contribution in [0, 0.1) is 0 Å². The van der Waals surface area contributed by atoms with Crippen LogP contribution >= 0.6 is 0 Å². The normalized spacial score (nSPS) is 12.0. The molecule has 2 aromatic rings. The summed E-state index contributed by atoms with van der Waals surface area (Å²) in [5.41, 5.74) is 0.792. The van der Waals surface area contributed by atoms with E-state index in [2.05, 4.69) is 4.98 Å². The minimum Gasteiger partial charge on any atom is -0.480 e. The maximum atomic E-state index is 12.1. The second-order valence-electron chi connectivity index (χ2n) is 3.63. The maximum absolute atomic E-state index is 12.1. The number of carbonyl (C=O) groups is 2. The first-order valence-corrected chi connectivity index (χ1v) is 5.15. The number of Topliss-reactive ketones (excluding diaryl/α,β-unsaturated/α-hetero) is 1. The van der Waals surface area contributed by atoms with E-state index >= 15 is 0 Å². The number of H-pyrrole nitrogens is 1. The number of carboxylic acid groups (broad SMARTS) is 1. The van der Waals surface area contributed by atoms with Gasteiger partial charge in [0.05, 0.1) is 0 Å². The van der Waals surface area contributed by atoms with Crippen LogP contribution in [-0.2, 0) is 4.79 Å². The highest BCUT2D eigenvalue weighted by atomic mass is 16.4. The summed E-state index contributed by atoms with van der Waals surface area (Å²) in [4.78, 5) is 26.0. The molecule has 1 aromatic carbocycles. The Bertz CT molecular complexity index is 517. The van der Waals surface area contributed by atoms with Crippen molar-refractivity contribution in [2.45, 2.75) is 5.92 Å². The van der Waals surface area contributed by atoms with Crippen LogP contribution in [0.2, 0.25) is 0 Å². The number of aromatic nitrogens is 1. The third kappa shape index (κ3) is 2.25. The number of carbonyl (C=O) groups excluding carboxylic acids is 1. The summed E-state index contributed by atoms with van der Waals surface area (Å²) >= 11 is 0. The van der Waals surface area contributed by atoms with Crippen molar-refractivity contribution in [3.8, 4) is 0 Å². The molecule has 4 heteroatoms. The molecule has 1 aromatic heterocycles. The van der Waals surface area contributed by atoms with Crippen molar-refractivity contribution >= 4 is 11.8 Å². The Morgan fingerprint density at radius 2 is 1.76 bits per heavy atom. The average molecular weight is 229 g/mol. The van der Waals surface area contributed by atoms with E-state index in [-0.39, 0.29) is 0 Å². The minimum absolute atomic E-state index is 0.395. The molecule has 0 saturated carbocycles. The summed E-state index contributed by atoms with van der Waals surface area (Å²) in [6.45, 7) is 0. The maximum Gasteiger partial charge on any atom is 0.320 e. The molecule has 0 bridgehead atoms. The van der Waals surface area contributed by atoms with Crippen LogP contribution in [0.1, 0.15) is 22.0 Å². The van der Waals surface area contributed by atoms with Crippen molar-refractivity contribution in [3.05, 3.63) is 59.9 Å². The number of rotatable bonds is 4. The molecule has 2 N–H and O–H groups in total. The average Bonchev–Trinajstić information content (AvgIpc) is 2.83. The summed E-state index contributed by atoms with van der Waals surface area (Å²) < 4.78 is 0. The lowest BCUT2D eigenvalue weighted by Gasteiger charge is -2.09. The van der Waals surface area contributed by atoms with Crippen molar-refractivity contribution in [2.24, 2.45) is 0 Å². The van der Waals surface area contributed by atoms with Crippen molar-refractivity contribution in [3.63, 3.8) is 0 Å². The molecule has 0 radical (unpaired) electrons. The molecule has 0 spiro atoms. The molecule has 0 saturated heterocycles. The van der Waals surface area contributed by atoms with E-state index in [4.69, 9.17) is 5.11 Å². The molecular formula is C13H11NO3. The Morgan fingerprint density at radius 3 is 2.29 bits per heavy atom. The van der Waals surface area contributed by atoms with Gasteiger partial charge in [0, 0.05) is 17.5 Å². The first-order chi connectivity index (χ1) is 8.20. The van der Waals surface area contributed by atoms with Crippen molar-refractivity contribution in [1.29, 1.82) is 0 Å². The number of hydrogen-bond donors (Lipinski definition) is 2. The minimum atomic E-state index is -1.17. The van der Waals surface area contributed by atoms with Gasteiger partial charge in [-0.15, -0.1) is 0 Å². The Labute approximate surface area is 97.9 Å². The topological polar surface area (TPSA) is 70.2 Å². The van der Waals surface area contributed by atoms with Crippen LogP contribution in [0.4, 0.5) is 0 Å². The van der Waals surface area contributed by atoms with Crippen molar-refractivity contribution in [2.75, 3.05) is 0 Å². The Kier molecular flexibility index (Phi) is 3.05. The smallest absolute Gasteiger partial charge is 0.320 e. The van der Waals surface area contributed by atoms with E-state index in [0.29, 0.717) is 11.3 Å². The van der Waals surface area contributed by atoms with Crippen LogP contribution in [-0.4, -0.2) is 21.8 Å². The number of benzene rings is 1. The van der Waals surface area contributed by atoms with Crippen LogP contribution in [0.5, 0.6) is 0 Å². The predicted molar refractivity (Wildman–Crippen MR) is 61.9 cm³/mol. The van der Waals surface area contributed by atoms with E-state index in [0.717, 1.165) is 0 Å². The molecule has 1 atom stereocenters. The molecule has 0 aliphatic carbocycles. The fourth-order valence-electron chi connectivity index (χ4n) is 1.68. The Morgan fingerprint density at radius 1 is 1.06 bits per heavy atom. The molecule has 86 valence electrons. The van der Waals surface area contributed by atoms with Gasteiger partial charge in [-0.25, -0.2) is 0 Å². The quantitative estimate of drug-likeness (QED) is 0.622. The number of ketones is 1. The lowest BCUT2D eigenvalue weighted by atomic mass is 9.95. The molecule has 17 heavy (non-hydrogen) atoms. The zero-order chi connectivity index (χ0) is 12.3. The van der Waals surface area contributed by atoms with Gasteiger partial charge in [0.15, 0.2) is 11.7 Å². The fraction of sp³-hybridized carbons (Fsp3) is 0.0769. The van der Waals surface area contributed by atoms with Gasteiger partial charge in [-0.3, -0.25) is 9.59 Å². The van der Waals surface area contributed by atoms with E-state index in [1.807, 2.05) is 0 Å². The van der Waals surface area contributed by atoms with E-state index in [1.165, 1.54) is 0 Å². The van der Waals surface area contributed by atoms with Gasteiger partial charge in [-0.1, -0.05) is 30.3 Å². The highest BCUT2D eigenvalue weighted by molar-refractivity contribution is 6.12. The molecule has 1 heterocycles. The predicted octanol–water partition coefficient (Wildman–Crippen LogP) is 2.07. The number of hydrogen-bond acceptors (Lipinski definition) is 2. The first kappa shape index (κ1) is 11.1. The van der Waals surface area contributed by atoms with E-state index in [1.54, 1.807) is 48.7 Å². The molecule has 2 rings (SSSR count). The second-order valence-corrected chi connectivity index (χ2v) is 3.63. The third-order valence-electron chi connectivity index (χ3n) is 2.50. The lowest BCUT2D eigenvalue weighted by molar-refractivity contribution is -0.137. The van der Waals surface area contributed by atoms with Crippen LogP contribution in [0.3, 0.4) is 0 Å². The molecular weight excluding hydrogens is 218 g/mol. The number of aromatic amines is 1. The third-order valence-corrected chi connectivity index (χ3v) is 2.50. The first-order valence-electron chi connectivity index (χ1n) is 5.15. The van der Waals surface area contributed by atoms with Gasteiger partial charge in [0.1, 0.15) is 0 Å². The summed E-state index contributed by atoms with van der Waals surface area (Å²) in [5, 5.41) is 9.14. The monoisotopic (exact) mass is 229 g/mol. The summed E-state index contributed by atoms with van der Waals surface area (Å²) in [6, 6.07) is 11.7. The highest BCUT2D eigenvalue weighted by Crippen LogP contribution is 2.19. The number of nitrogens with one attached hydrogen (secondary N) is 1. The molecule has 4 nitrogen and oxygen atoms in total. The largest absolute Gasteiger partial charge is 0.480 e. The van der Waals surface area contributed by atoms with Gasteiger partial charge in [-0.2, -0.15) is 0 Å². The standard InChI is InChI=1S/C13H11NO3/c15-12(9-5-2-1-3-6-9)11(13(16)17)10-7-4-8-14-10/h1-8,11,14H,(H,16,17). The van der Waals surface area contributed by atoms with Crippen LogP contribution < -0.4 is 0 Å².